The Labute approximate surface area is 115 Å². The molecule has 0 aliphatic carbocycles. The van der Waals surface area contributed by atoms with E-state index < -0.39 is 0 Å². The highest BCUT2D eigenvalue weighted by Gasteiger charge is 2.06. The third kappa shape index (κ3) is 7.21. The lowest BCUT2D eigenvalue weighted by atomic mass is 10.2. The lowest BCUT2D eigenvalue weighted by molar-refractivity contribution is 0.277. The zero-order chi connectivity index (χ0) is 13.8. The maximum absolute atomic E-state index is 8.45. The lowest BCUT2D eigenvalue weighted by Gasteiger charge is -2.20. The van der Waals surface area contributed by atoms with Crippen molar-refractivity contribution in [3.05, 3.63) is 47.3 Å². The van der Waals surface area contributed by atoms with E-state index in [1.165, 1.54) is 5.56 Å². The first-order valence-electron chi connectivity index (χ1n) is 6.54. The Morgan fingerprint density at radius 2 is 2.00 bits per heavy atom. The normalized spacial score (nSPS) is 10.1. The number of nitrogens with zero attached hydrogens (tertiary/aromatic N) is 3. The molecule has 0 atom stereocenters. The minimum absolute atomic E-state index is 0.533. The van der Waals surface area contributed by atoms with Crippen LogP contribution in [0.4, 0.5) is 0 Å². The Hall–Kier alpha value is -1.88. The van der Waals surface area contributed by atoms with Gasteiger partial charge in [0.05, 0.1) is 12.6 Å². The van der Waals surface area contributed by atoms with Crippen molar-refractivity contribution in [2.75, 3.05) is 32.7 Å². The second-order valence-electron chi connectivity index (χ2n) is 4.30. The Morgan fingerprint density at radius 3 is 2.68 bits per heavy atom. The highest BCUT2D eigenvalue weighted by Crippen LogP contribution is 2.03. The monoisotopic (exact) mass is 256 g/mol. The zero-order valence-corrected chi connectivity index (χ0v) is 11.2. The van der Waals surface area contributed by atoms with Crippen molar-refractivity contribution in [3.63, 3.8) is 0 Å². The topological polar surface area (TPSA) is 43.4 Å². The molecule has 0 unspecified atom stereocenters. The SMILES string of the molecule is [C-]#[N+]CCN(CCNCCC#N)Cc1ccccc1. The van der Waals surface area contributed by atoms with E-state index in [2.05, 4.69) is 33.3 Å². The van der Waals surface area contributed by atoms with Crippen LogP contribution >= 0.6 is 0 Å². The molecule has 1 aromatic carbocycles. The number of nitriles is 1. The number of nitrogens with one attached hydrogen (secondary N) is 1. The highest BCUT2D eigenvalue weighted by atomic mass is 15.1. The first kappa shape index (κ1) is 15.2. The van der Waals surface area contributed by atoms with E-state index in [-0.39, 0.29) is 0 Å². The number of hydrogen-bond acceptors (Lipinski definition) is 3. The first-order chi connectivity index (χ1) is 9.36. The van der Waals surface area contributed by atoms with Crippen LogP contribution in [0.5, 0.6) is 0 Å². The van der Waals surface area contributed by atoms with E-state index in [4.69, 9.17) is 11.8 Å². The Balaban J connectivity index is 2.35. The molecule has 0 radical (unpaired) electrons. The molecule has 19 heavy (non-hydrogen) atoms. The van der Waals surface area contributed by atoms with Crippen LogP contribution in [0.25, 0.3) is 4.85 Å². The molecule has 100 valence electrons. The van der Waals surface area contributed by atoms with Crippen molar-refractivity contribution >= 4 is 0 Å². The van der Waals surface area contributed by atoms with Crippen molar-refractivity contribution < 1.29 is 0 Å². The van der Waals surface area contributed by atoms with Crippen LogP contribution in [0.1, 0.15) is 12.0 Å². The molecule has 4 nitrogen and oxygen atoms in total. The van der Waals surface area contributed by atoms with E-state index in [1.54, 1.807) is 0 Å². The van der Waals surface area contributed by atoms with E-state index in [9.17, 15) is 0 Å². The molecule has 1 N–H and O–H groups in total. The van der Waals surface area contributed by atoms with Crippen LogP contribution in [0.3, 0.4) is 0 Å². The number of rotatable bonds is 9. The zero-order valence-electron chi connectivity index (χ0n) is 11.2. The van der Waals surface area contributed by atoms with Crippen molar-refractivity contribution in [2.45, 2.75) is 13.0 Å². The summed E-state index contributed by atoms with van der Waals surface area (Å²) in [5.74, 6) is 0. The van der Waals surface area contributed by atoms with Gasteiger partial charge in [0.1, 0.15) is 0 Å². The van der Waals surface area contributed by atoms with Gasteiger partial charge in [-0.2, -0.15) is 5.26 Å². The molecule has 0 spiro atoms. The number of benzene rings is 1. The van der Waals surface area contributed by atoms with Gasteiger partial charge < -0.3 is 10.2 Å². The summed E-state index contributed by atoms with van der Waals surface area (Å²) in [6.45, 7) is 11.6. The van der Waals surface area contributed by atoms with Gasteiger partial charge in [-0.3, -0.25) is 4.90 Å². The van der Waals surface area contributed by atoms with Gasteiger partial charge in [-0.1, -0.05) is 30.3 Å². The molecule has 0 aliphatic heterocycles. The second kappa shape index (κ2) is 10.1. The predicted molar refractivity (Wildman–Crippen MR) is 76.3 cm³/mol. The largest absolute Gasteiger partial charge is 0.316 e. The van der Waals surface area contributed by atoms with Crippen LogP contribution in [0.15, 0.2) is 30.3 Å². The van der Waals surface area contributed by atoms with Crippen molar-refractivity contribution in [1.82, 2.24) is 10.2 Å². The van der Waals surface area contributed by atoms with Gasteiger partial charge >= 0.3 is 0 Å². The van der Waals surface area contributed by atoms with Gasteiger partial charge in [-0.05, 0) is 5.56 Å². The highest BCUT2D eigenvalue weighted by molar-refractivity contribution is 5.14. The average molecular weight is 256 g/mol. The summed E-state index contributed by atoms with van der Waals surface area (Å²) in [5, 5.41) is 11.7. The van der Waals surface area contributed by atoms with Gasteiger partial charge in [0.15, 0.2) is 0 Å². The smallest absolute Gasteiger partial charge is 0.227 e. The molecule has 0 bridgehead atoms. The summed E-state index contributed by atoms with van der Waals surface area (Å²) in [6.07, 6.45) is 0.542. The Kier molecular flexibility index (Phi) is 8.05. The molecule has 4 heteroatoms. The molecule has 0 amide bonds. The van der Waals surface area contributed by atoms with Crippen LogP contribution in [-0.2, 0) is 6.54 Å². The summed E-state index contributed by atoms with van der Waals surface area (Å²) in [7, 11) is 0. The summed E-state index contributed by atoms with van der Waals surface area (Å²) in [6, 6.07) is 12.4. The average Bonchev–Trinajstić information content (AvgIpc) is 2.45. The third-order valence-corrected chi connectivity index (χ3v) is 2.80. The molecular weight excluding hydrogens is 236 g/mol. The van der Waals surface area contributed by atoms with Gasteiger partial charge in [0.25, 0.3) is 0 Å². The molecule has 0 saturated heterocycles. The molecule has 0 aromatic heterocycles. The van der Waals surface area contributed by atoms with Crippen LogP contribution in [0, 0.1) is 17.9 Å². The standard InChI is InChI=1S/C15H20N4/c1-17-10-12-19(13-11-18-9-5-8-16)14-15-6-3-2-4-7-15/h2-4,6-7,18H,5,9-14H2. The Morgan fingerprint density at radius 1 is 1.21 bits per heavy atom. The summed E-state index contributed by atoms with van der Waals surface area (Å²) in [4.78, 5) is 5.69. The van der Waals surface area contributed by atoms with Crippen molar-refractivity contribution in [1.29, 1.82) is 5.26 Å². The van der Waals surface area contributed by atoms with E-state index in [0.717, 1.165) is 32.7 Å². The van der Waals surface area contributed by atoms with Gasteiger partial charge in [-0.25, -0.2) is 6.57 Å². The van der Waals surface area contributed by atoms with Crippen LogP contribution < -0.4 is 5.32 Å². The molecule has 0 heterocycles. The van der Waals surface area contributed by atoms with Crippen molar-refractivity contribution in [3.8, 4) is 6.07 Å². The summed E-state index contributed by atoms with van der Waals surface area (Å²) >= 11 is 0. The van der Waals surface area contributed by atoms with Crippen LogP contribution in [-0.4, -0.2) is 37.6 Å². The Bertz CT molecular complexity index is 416. The van der Waals surface area contributed by atoms with Gasteiger partial charge in [0, 0.05) is 32.6 Å². The molecule has 0 aliphatic rings. The van der Waals surface area contributed by atoms with E-state index >= 15 is 0 Å². The molecule has 1 aromatic rings. The second-order valence-corrected chi connectivity index (χ2v) is 4.30. The fourth-order valence-electron chi connectivity index (χ4n) is 1.81. The summed E-state index contributed by atoms with van der Waals surface area (Å²) < 4.78 is 0. The maximum atomic E-state index is 8.45. The predicted octanol–water partition coefficient (Wildman–Crippen LogP) is 1.91. The number of hydrogen-bond donors (Lipinski definition) is 1. The lowest BCUT2D eigenvalue weighted by Crippen LogP contribution is -2.33. The third-order valence-electron chi connectivity index (χ3n) is 2.80. The van der Waals surface area contributed by atoms with E-state index in [0.29, 0.717) is 13.0 Å². The first-order valence-corrected chi connectivity index (χ1v) is 6.54. The molecule has 0 saturated carbocycles. The summed E-state index contributed by atoms with van der Waals surface area (Å²) in [5.41, 5.74) is 1.27. The van der Waals surface area contributed by atoms with Gasteiger partial charge in [-0.15, -0.1) is 0 Å². The molecule has 1 rings (SSSR count). The van der Waals surface area contributed by atoms with Gasteiger partial charge in [0.2, 0.25) is 6.54 Å². The fourth-order valence-corrected chi connectivity index (χ4v) is 1.81. The minimum Gasteiger partial charge on any atom is -0.316 e. The van der Waals surface area contributed by atoms with Crippen molar-refractivity contribution in [2.24, 2.45) is 0 Å². The molecular formula is C15H20N4. The quantitative estimate of drug-likeness (QED) is 0.542. The molecule has 0 fully saturated rings. The maximum Gasteiger partial charge on any atom is 0.227 e. The van der Waals surface area contributed by atoms with E-state index in [1.807, 2.05) is 18.2 Å². The fraction of sp³-hybridized carbons (Fsp3) is 0.467. The minimum atomic E-state index is 0.533. The van der Waals surface area contributed by atoms with Crippen LogP contribution in [0.2, 0.25) is 0 Å².